The molecular weight excluding hydrogens is 268 g/mol. The Morgan fingerprint density at radius 1 is 1.19 bits per heavy atom. The first-order valence-corrected chi connectivity index (χ1v) is 6.85. The molecule has 0 spiro atoms. The molecule has 1 amide bonds. The lowest BCUT2D eigenvalue weighted by atomic mass is 10.1. The van der Waals surface area contributed by atoms with Crippen LogP contribution in [-0.2, 0) is 6.54 Å². The number of aromatic nitrogens is 1. The standard InChI is InChI=1S/C16H20N2O3/c1-20-13-6-7-14(15(12-13)21-2)16(19)17-8-5-11-18-9-3-4-10-18/h3-4,6-7,9-10,12H,5,8,11H2,1-2H3,(H,17,19). The van der Waals surface area contributed by atoms with E-state index in [-0.39, 0.29) is 5.91 Å². The van der Waals surface area contributed by atoms with Crippen molar-refractivity contribution in [2.45, 2.75) is 13.0 Å². The number of hydrogen-bond donors (Lipinski definition) is 1. The van der Waals surface area contributed by atoms with Crippen LogP contribution in [0.15, 0.2) is 42.7 Å². The van der Waals surface area contributed by atoms with Gasteiger partial charge in [-0.1, -0.05) is 0 Å². The van der Waals surface area contributed by atoms with E-state index in [1.807, 2.05) is 24.5 Å². The molecule has 1 heterocycles. The van der Waals surface area contributed by atoms with Crippen molar-refractivity contribution in [3.05, 3.63) is 48.3 Å². The van der Waals surface area contributed by atoms with Gasteiger partial charge in [0.15, 0.2) is 0 Å². The van der Waals surface area contributed by atoms with Crippen LogP contribution < -0.4 is 14.8 Å². The Kier molecular flexibility index (Phi) is 5.26. The van der Waals surface area contributed by atoms with Gasteiger partial charge in [0.25, 0.3) is 5.91 Å². The van der Waals surface area contributed by atoms with E-state index >= 15 is 0 Å². The molecular formula is C16H20N2O3. The van der Waals surface area contributed by atoms with Crippen molar-refractivity contribution in [1.82, 2.24) is 9.88 Å². The quantitative estimate of drug-likeness (QED) is 0.796. The zero-order valence-electron chi connectivity index (χ0n) is 12.3. The van der Waals surface area contributed by atoms with Crippen LogP contribution in [0.3, 0.4) is 0 Å². The number of aryl methyl sites for hydroxylation is 1. The smallest absolute Gasteiger partial charge is 0.255 e. The average Bonchev–Trinajstić information content (AvgIpc) is 3.04. The number of ether oxygens (including phenoxy) is 2. The topological polar surface area (TPSA) is 52.5 Å². The van der Waals surface area contributed by atoms with Crippen LogP contribution >= 0.6 is 0 Å². The SMILES string of the molecule is COc1ccc(C(=O)NCCCn2cccc2)c(OC)c1. The summed E-state index contributed by atoms with van der Waals surface area (Å²) in [7, 11) is 3.12. The second-order valence-electron chi connectivity index (χ2n) is 4.60. The van der Waals surface area contributed by atoms with E-state index in [1.54, 1.807) is 25.3 Å². The number of amides is 1. The molecule has 0 unspecified atom stereocenters. The Balaban J connectivity index is 1.87. The van der Waals surface area contributed by atoms with Crippen LogP contribution in [-0.4, -0.2) is 31.2 Å². The highest BCUT2D eigenvalue weighted by molar-refractivity contribution is 5.97. The number of nitrogens with one attached hydrogen (secondary N) is 1. The summed E-state index contributed by atoms with van der Waals surface area (Å²) in [5, 5.41) is 2.90. The third-order valence-corrected chi connectivity index (χ3v) is 3.20. The summed E-state index contributed by atoms with van der Waals surface area (Å²) in [6, 6.07) is 9.13. The maximum absolute atomic E-state index is 12.1. The fourth-order valence-corrected chi connectivity index (χ4v) is 2.06. The Labute approximate surface area is 124 Å². The summed E-state index contributed by atoms with van der Waals surface area (Å²) in [4.78, 5) is 12.1. The normalized spacial score (nSPS) is 10.2. The molecule has 0 aliphatic carbocycles. The second kappa shape index (κ2) is 7.38. The molecule has 1 aromatic carbocycles. The lowest BCUT2D eigenvalue weighted by molar-refractivity contribution is 0.0949. The Bertz CT molecular complexity index is 579. The Morgan fingerprint density at radius 2 is 1.95 bits per heavy atom. The summed E-state index contributed by atoms with van der Waals surface area (Å²) in [5.74, 6) is 1.04. The molecule has 0 saturated heterocycles. The second-order valence-corrected chi connectivity index (χ2v) is 4.60. The van der Waals surface area contributed by atoms with Gasteiger partial charge in [0.1, 0.15) is 11.5 Å². The zero-order valence-corrected chi connectivity index (χ0v) is 12.3. The number of nitrogens with zero attached hydrogens (tertiary/aromatic N) is 1. The van der Waals surface area contributed by atoms with E-state index in [9.17, 15) is 4.79 Å². The fraction of sp³-hybridized carbons (Fsp3) is 0.312. The van der Waals surface area contributed by atoms with Crippen LogP contribution in [0.25, 0.3) is 0 Å². The number of rotatable bonds is 7. The molecule has 0 bridgehead atoms. The van der Waals surface area contributed by atoms with Gasteiger partial charge < -0.3 is 19.4 Å². The van der Waals surface area contributed by atoms with Crippen LogP contribution in [0.1, 0.15) is 16.8 Å². The lowest BCUT2D eigenvalue weighted by Crippen LogP contribution is -2.25. The van der Waals surface area contributed by atoms with E-state index in [0.717, 1.165) is 13.0 Å². The fourth-order valence-electron chi connectivity index (χ4n) is 2.06. The van der Waals surface area contributed by atoms with Gasteiger partial charge in [-0.3, -0.25) is 4.79 Å². The van der Waals surface area contributed by atoms with Crippen molar-refractivity contribution in [1.29, 1.82) is 0 Å². The molecule has 1 N–H and O–H groups in total. The molecule has 5 heteroatoms. The van der Waals surface area contributed by atoms with Crippen molar-refractivity contribution in [3.8, 4) is 11.5 Å². The number of carbonyl (C=O) groups excluding carboxylic acids is 1. The van der Waals surface area contributed by atoms with Gasteiger partial charge >= 0.3 is 0 Å². The lowest BCUT2D eigenvalue weighted by Gasteiger charge is -2.11. The molecule has 5 nitrogen and oxygen atoms in total. The third-order valence-electron chi connectivity index (χ3n) is 3.20. The molecule has 2 rings (SSSR count). The minimum absolute atomic E-state index is 0.137. The number of benzene rings is 1. The van der Waals surface area contributed by atoms with Crippen molar-refractivity contribution >= 4 is 5.91 Å². The van der Waals surface area contributed by atoms with Crippen LogP contribution in [0.5, 0.6) is 11.5 Å². The van der Waals surface area contributed by atoms with E-state index in [0.29, 0.717) is 23.6 Å². The largest absolute Gasteiger partial charge is 0.497 e. The van der Waals surface area contributed by atoms with E-state index in [4.69, 9.17) is 9.47 Å². The van der Waals surface area contributed by atoms with Gasteiger partial charge in [-0.05, 0) is 30.7 Å². The molecule has 0 aliphatic heterocycles. The number of carbonyl (C=O) groups is 1. The Hall–Kier alpha value is -2.43. The highest BCUT2D eigenvalue weighted by atomic mass is 16.5. The van der Waals surface area contributed by atoms with Gasteiger partial charge in [0.2, 0.25) is 0 Å². The van der Waals surface area contributed by atoms with E-state index in [2.05, 4.69) is 9.88 Å². The first-order valence-electron chi connectivity index (χ1n) is 6.85. The van der Waals surface area contributed by atoms with Gasteiger partial charge in [0.05, 0.1) is 19.8 Å². The molecule has 2 aromatic rings. The highest BCUT2D eigenvalue weighted by Crippen LogP contribution is 2.24. The first kappa shape index (κ1) is 15.0. The summed E-state index contributed by atoms with van der Waals surface area (Å²) >= 11 is 0. The van der Waals surface area contributed by atoms with Crippen LogP contribution in [0.2, 0.25) is 0 Å². The molecule has 0 radical (unpaired) electrons. The highest BCUT2D eigenvalue weighted by Gasteiger charge is 2.12. The maximum atomic E-state index is 12.1. The van der Waals surface area contributed by atoms with E-state index in [1.165, 1.54) is 7.11 Å². The van der Waals surface area contributed by atoms with Crippen molar-refractivity contribution in [2.24, 2.45) is 0 Å². The minimum atomic E-state index is -0.137. The number of methoxy groups -OCH3 is 2. The number of hydrogen-bond acceptors (Lipinski definition) is 3. The van der Waals surface area contributed by atoms with E-state index < -0.39 is 0 Å². The predicted molar refractivity (Wildman–Crippen MR) is 80.9 cm³/mol. The molecule has 0 saturated carbocycles. The first-order chi connectivity index (χ1) is 10.2. The third kappa shape index (κ3) is 4.02. The van der Waals surface area contributed by atoms with Crippen LogP contribution in [0, 0.1) is 0 Å². The van der Waals surface area contributed by atoms with Gasteiger partial charge in [-0.25, -0.2) is 0 Å². The summed E-state index contributed by atoms with van der Waals surface area (Å²) < 4.78 is 12.4. The predicted octanol–water partition coefficient (Wildman–Crippen LogP) is 2.33. The van der Waals surface area contributed by atoms with Gasteiger partial charge in [-0.2, -0.15) is 0 Å². The Morgan fingerprint density at radius 3 is 2.62 bits per heavy atom. The summed E-state index contributed by atoms with van der Waals surface area (Å²) in [6.45, 7) is 1.50. The zero-order chi connectivity index (χ0) is 15.1. The molecule has 21 heavy (non-hydrogen) atoms. The monoisotopic (exact) mass is 288 g/mol. The minimum Gasteiger partial charge on any atom is -0.497 e. The molecule has 0 fully saturated rings. The van der Waals surface area contributed by atoms with Crippen molar-refractivity contribution in [2.75, 3.05) is 20.8 Å². The molecule has 0 aliphatic rings. The van der Waals surface area contributed by atoms with Crippen LogP contribution in [0.4, 0.5) is 0 Å². The van der Waals surface area contributed by atoms with Crippen molar-refractivity contribution < 1.29 is 14.3 Å². The van der Waals surface area contributed by atoms with Gasteiger partial charge in [-0.15, -0.1) is 0 Å². The van der Waals surface area contributed by atoms with Gasteiger partial charge in [0, 0.05) is 31.5 Å². The molecule has 0 atom stereocenters. The maximum Gasteiger partial charge on any atom is 0.255 e. The summed E-state index contributed by atoms with van der Waals surface area (Å²) in [6.07, 6.45) is 4.89. The van der Waals surface area contributed by atoms with Crippen molar-refractivity contribution in [3.63, 3.8) is 0 Å². The summed E-state index contributed by atoms with van der Waals surface area (Å²) in [5.41, 5.74) is 0.513. The molecule has 112 valence electrons. The molecule has 1 aromatic heterocycles. The average molecular weight is 288 g/mol.